The van der Waals surface area contributed by atoms with Crippen LogP contribution in [0.15, 0.2) is 0 Å². The van der Waals surface area contributed by atoms with Crippen molar-refractivity contribution in [3.63, 3.8) is 0 Å². The van der Waals surface area contributed by atoms with Crippen molar-refractivity contribution < 1.29 is 33.9 Å². The molecule has 13 nitrogen and oxygen atoms in total. The maximum Gasteiger partial charge on any atom is 0.315 e. The SMILES string of the molecule is CC[C@@H](NC(=O)[C@@H](NC(=O)[C@H](CC(=O)N1CCCC1)NC(=O)[C@@H](NC(=O)NC1[C@H](C)CCC[C@@H]1C)C(C)(C)C)C1(C(=O)O)CCCC1)C(C)(C)C. The first-order valence-corrected chi connectivity index (χ1v) is 19.2. The summed E-state index contributed by atoms with van der Waals surface area (Å²) in [5, 5.41) is 24.9. The van der Waals surface area contributed by atoms with Gasteiger partial charge in [0.1, 0.15) is 18.1 Å². The molecule has 0 bridgehead atoms. The molecule has 13 heteroatoms. The summed E-state index contributed by atoms with van der Waals surface area (Å²) in [5.41, 5.74) is -2.67. The molecular formula is C38H66N6O7. The number of carboxylic acid groups (broad SMARTS) is 1. The lowest BCUT2D eigenvalue weighted by molar-refractivity contribution is -0.155. The molecule has 0 radical (unpaired) electrons. The van der Waals surface area contributed by atoms with Gasteiger partial charge in [-0.1, -0.05) is 81.6 Å². The van der Waals surface area contributed by atoms with Gasteiger partial charge in [0, 0.05) is 25.2 Å². The summed E-state index contributed by atoms with van der Waals surface area (Å²) in [5.74, 6) is -3.05. The van der Waals surface area contributed by atoms with Crippen LogP contribution in [-0.2, 0) is 24.0 Å². The lowest BCUT2D eigenvalue weighted by atomic mass is 9.77. The van der Waals surface area contributed by atoms with Crippen LogP contribution in [0.4, 0.5) is 4.79 Å². The number of carboxylic acids is 1. The zero-order valence-electron chi connectivity index (χ0n) is 32.6. The highest BCUT2D eigenvalue weighted by Gasteiger charge is 2.53. The highest BCUT2D eigenvalue weighted by atomic mass is 16.4. The summed E-state index contributed by atoms with van der Waals surface area (Å²) in [6.45, 7) is 18.5. The van der Waals surface area contributed by atoms with Crippen molar-refractivity contribution in [2.75, 3.05) is 13.1 Å². The van der Waals surface area contributed by atoms with Crippen LogP contribution in [0.1, 0.15) is 133 Å². The molecule has 6 N–H and O–H groups in total. The number of nitrogens with one attached hydrogen (secondary N) is 5. The molecule has 2 saturated carbocycles. The minimum Gasteiger partial charge on any atom is -0.481 e. The molecule has 1 saturated heterocycles. The normalized spacial score (nSPS) is 24.4. The quantitative estimate of drug-likeness (QED) is 0.166. The Kier molecular flexibility index (Phi) is 14.4. The van der Waals surface area contributed by atoms with Crippen LogP contribution in [0, 0.1) is 28.1 Å². The molecule has 0 aromatic carbocycles. The van der Waals surface area contributed by atoms with E-state index in [1.165, 1.54) is 0 Å². The van der Waals surface area contributed by atoms with Crippen LogP contribution in [-0.4, -0.2) is 88.9 Å². The Morgan fingerprint density at radius 1 is 0.745 bits per heavy atom. The van der Waals surface area contributed by atoms with Crippen molar-refractivity contribution in [2.45, 2.75) is 163 Å². The Bertz CT molecular complexity index is 1250. The predicted octanol–water partition coefficient (Wildman–Crippen LogP) is 4.09. The Balaban J connectivity index is 1.92. The van der Waals surface area contributed by atoms with Crippen LogP contribution >= 0.6 is 0 Å². The molecule has 0 aromatic rings. The number of likely N-dealkylation sites (tertiary alicyclic amines) is 1. The molecule has 1 unspecified atom stereocenters. The molecule has 1 aliphatic heterocycles. The molecule has 3 rings (SSSR count). The van der Waals surface area contributed by atoms with Gasteiger partial charge in [0.2, 0.25) is 23.6 Å². The molecule has 3 fully saturated rings. The third-order valence-electron chi connectivity index (χ3n) is 11.5. The molecule has 0 spiro atoms. The van der Waals surface area contributed by atoms with Crippen molar-refractivity contribution in [1.29, 1.82) is 0 Å². The van der Waals surface area contributed by atoms with Crippen LogP contribution in [0.2, 0.25) is 0 Å². The number of hydrogen-bond donors (Lipinski definition) is 6. The maximum absolute atomic E-state index is 14.3. The van der Waals surface area contributed by atoms with Gasteiger partial charge in [0.25, 0.3) is 0 Å². The molecular weight excluding hydrogens is 652 g/mol. The molecule has 290 valence electrons. The molecule has 51 heavy (non-hydrogen) atoms. The number of rotatable bonds is 13. The lowest BCUT2D eigenvalue weighted by Crippen LogP contribution is -2.64. The number of amides is 6. The van der Waals surface area contributed by atoms with E-state index in [0.717, 1.165) is 32.1 Å². The van der Waals surface area contributed by atoms with Crippen LogP contribution < -0.4 is 26.6 Å². The number of aliphatic carboxylic acids is 1. The summed E-state index contributed by atoms with van der Waals surface area (Å²) in [6.07, 6.45) is 6.50. The number of carbonyl (C=O) groups is 6. The monoisotopic (exact) mass is 718 g/mol. The van der Waals surface area contributed by atoms with Gasteiger partial charge < -0.3 is 36.6 Å². The summed E-state index contributed by atoms with van der Waals surface area (Å²) in [6, 6.07) is -4.79. The number of nitrogens with zero attached hydrogens (tertiary/aromatic N) is 1. The predicted molar refractivity (Wildman–Crippen MR) is 195 cm³/mol. The second-order valence-corrected chi connectivity index (χ2v) is 17.6. The van der Waals surface area contributed by atoms with E-state index in [1.54, 1.807) is 25.7 Å². The van der Waals surface area contributed by atoms with Gasteiger partial charge in [0.05, 0.1) is 11.8 Å². The zero-order valence-corrected chi connectivity index (χ0v) is 32.6. The first-order valence-electron chi connectivity index (χ1n) is 19.2. The highest BCUT2D eigenvalue weighted by Crippen LogP contribution is 2.42. The van der Waals surface area contributed by atoms with Crippen LogP contribution in [0.25, 0.3) is 0 Å². The standard InChI is InChI=1S/C38H66N6O7/c1-10-26(36(4,5)6)40-33(48)30(38(34(49)50)18-11-12-19-38)42-31(46)25(22-27(45)44-20-13-14-21-44)39-32(47)29(37(7,8)9)43-35(51)41-28-23(2)16-15-17-24(28)3/h23-26,28-30H,10-22H2,1-9H3,(H,39,47)(H,40,48)(H,42,46)(H,49,50)(H2,41,43,51)/t23-,24+,25-,26+,28?,29+,30+/m0/s1. The number of carbonyl (C=O) groups excluding carboxylic acids is 5. The molecule has 1 heterocycles. The van der Waals surface area contributed by atoms with Gasteiger partial charge in [-0.2, -0.15) is 0 Å². The smallest absolute Gasteiger partial charge is 0.315 e. The fourth-order valence-corrected chi connectivity index (χ4v) is 8.22. The van der Waals surface area contributed by atoms with E-state index in [0.29, 0.717) is 32.4 Å². The maximum atomic E-state index is 14.3. The first-order chi connectivity index (χ1) is 23.7. The minimum atomic E-state index is -1.55. The van der Waals surface area contributed by atoms with Crippen molar-refractivity contribution >= 4 is 35.6 Å². The largest absolute Gasteiger partial charge is 0.481 e. The second-order valence-electron chi connectivity index (χ2n) is 17.6. The second kappa shape index (κ2) is 17.4. The van der Waals surface area contributed by atoms with E-state index in [2.05, 4.69) is 40.4 Å². The van der Waals surface area contributed by atoms with Crippen molar-refractivity contribution in [2.24, 2.45) is 28.1 Å². The van der Waals surface area contributed by atoms with Gasteiger partial charge in [-0.05, 0) is 67.6 Å². The summed E-state index contributed by atoms with van der Waals surface area (Å²) < 4.78 is 0. The molecule has 6 amide bonds. The topological polar surface area (TPSA) is 186 Å². The Morgan fingerprint density at radius 2 is 1.31 bits per heavy atom. The van der Waals surface area contributed by atoms with Gasteiger partial charge in [-0.15, -0.1) is 0 Å². The zero-order chi connectivity index (χ0) is 38.3. The third kappa shape index (κ3) is 10.8. The third-order valence-corrected chi connectivity index (χ3v) is 11.5. The van der Waals surface area contributed by atoms with E-state index in [9.17, 15) is 33.9 Å². The van der Waals surface area contributed by atoms with Crippen molar-refractivity contribution in [1.82, 2.24) is 31.5 Å². The van der Waals surface area contributed by atoms with Crippen LogP contribution in [0.5, 0.6) is 0 Å². The van der Waals surface area contributed by atoms with Crippen molar-refractivity contribution in [3.8, 4) is 0 Å². The summed E-state index contributed by atoms with van der Waals surface area (Å²) >= 11 is 0. The van der Waals surface area contributed by atoms with Crippen molar-refractivity contribution in [3.05, 3.63) is 0 Å². The summed E-state index contributed by atoms with van der Waals surface area (Å²) in [4.78, 5) is 83.7. The van der Waals surface area contributed by atoms with E-state index >= 15 is 0 Å². The number of urea groups is 1. The Hall–Kier alpha value is -3.38. The van der Waals surface area contributed by atoms with E-state index in [-0.39, 0.29) is 54.5 Å². The van der Waals surface area contributed by atoms with Gasteiger partial charge in [-0.25, -0.2) is 4.79 Å². The molecule has 3 aliphatic rings. The van der Waals surface area contributed by atoms with E-state index in [1.807, 2.05) is 27.7 Å². The first kappa shape index (κ1) is 42.0. The molecule has 0 aromatic heterocycles. The van der Waals surface area contributed by atoms with Crippen LogP contribution in [0.3, 0.4) is 0 Å². The summed E-state index contributed by atoms with van der Waals surface area (Å²) in [7, 11) is 0. The fourth-order valence-electron chi connectivity index (χ4n) is 8.22. The molecule has 2 aliphatic carbocycles. The molecule has 7 atom stereocenters. The lowest BCUT2D eigenvalue weighted by Gasteiger charge is -2.38. The average molecular weight is 719 g/mol. The van der Waals surface area contributed by atoms with E-state index < -0.39 is 58.7 Å². The Labute approximate surface area is 304 Å². The van der Waals surface area contributed by atoms with Gasteiger partial charge >= 0.3 is 12.0 Å². The minimum absolute atomic E-state index is 0.0511. The van der Waals surface area contributed by atoms with E-state index in [4.69, 9.17) is 0 Å². The average Bonchev–Trinajstić information content (AvgIpc) is 3.75. The highest BCUT2D eigenvalue weighted by molar-refractivity contribution is 5.98. The fraction of sp³-hybridized carbons (Fsp3) is 0.842. The Morgan fingerprint density at radius 3 is 1.80 bits per heavy atom. The van der Waals surface area contributed by atoms with Gasteiger partial charge in [-0.3, -0.25) is 24.0 Å². The van der Waals surface area contributed by atoms with Gasteiger partial charge in [0.15, 0.2) is 0 Å². The number of hydrogen-bond acceptors (Lipinski definition) is 6.